The zero-order valence-electron chi connectivity index (χ0n) is 19.1. The minimum atomic E-state index is -3.94. The highest BCUT2D eigenvalue weighted by Crippen LogP contribution is 2.24. The van der Waals surface area contributed by atoms with E-state index in [1.165, 1.54) is 11.0 Å². The normalized spacial score (nSPS) is 22.4. The number of ether oxygens (including phenoxy) is 2. The molecule has 2 aliphatic rings. The number of morpholine rings is 1. The fourth-order valence-electron chi connectivity index (χ4n) is 4.42. The number of halogens is 1. The van der Waals surface area contributed by atoms with E-state index in [2.05, 4.69) is 4.72 Å². The Morgan fingerprint density at radius 3 is 2.74 bits per heavy atom. The average molecular weight is 510 g/mol. The molecular weight excluding hydrogens is 482 g/mol. The van der Waals surface area contributed by atoms with Gasteiger partial charge in [0.2, 0.25) is 21.8 Å². The summed E-state index contributed by atoms with van der Waals surface area (Å²) in [7, 11) is -2.36. The molecule has 0 radical (unpaired) electrons. The molecule has 184 valence electrons. The zero-order valence-corrected chi connectivity index (χ0v) is 20.6. The van der Waals surface area contributed by atoms with E-state index < -0.39 is 28.0 Å². The Balaban J connectivity index is 1.42. The first kappa shape index (κ1) is 24.9. The number of likely N-dealkylation sites (tertiary alicyclic amines) is 1. The van der Waals surface area contributed by atoms with Gasteiger partial charge in [0.1, 0.15) is 12.1 Å². The molecule has 2 amide bonds. The highest BCUT2D eigenvalue weighted by Gasteiger charge is 2.40. The first-order valence-electron chi connectivity index (χ1n) is 11.1. The molecule has 2 saturated heterocycles. The van der Waals surface area contributed by atoms with Crippen LogP contribution in [0.15, 0.2) is 41.3 Å². The molecule has 0 bridgehead atoms. The number of benzene rings is 2. The summed E-state index contributed by atoms with van der Waals surface area (Å²) in [6.07, 6.45) is 0.0793. The van der Waals surface area contributed by atoms with E-state index in [9.17, 15) is 18.0 Å². The second-order valence-corrected chi connectivity index (χ2v) is 10.7. The highest BCUT2D eigenvalue weighted by atomic mass is 35.5. The molecule has 0 spiro atoms. The molecule has 9 nitrogen and oxygen atoms in total. The molecule has 1 unspecified atom stereocenters. The van der Waals surface area contributed by atoms with Crippen LogP contribution in [0.25, 0.3) is 10.8 Å². The van der Waals surface area contributed by atoms with Crippen molar-refractivity contribution >= 4 is 44.2 Å². The van der Waals surface area contributed by atoms with E-state index in [1.54, 1.807) is 49.3 Å². The number of amides is 2. The van der Waals surface area contributed by atoms with E-state index in [0.29, 0.717) is 37.9 Å². The van der Waals surface area contributed by atoms with Crippen LogP contribution in [0.2, 0.25) is 5.02 Å². The van der Waals surface area contributed by atoms with Gasteiger partial charge in [-0.15, -0.1) is 0 Å². The maximum absolute atomic E-state index is 13.0. The predicted octanol–water partition coefficient (Wildman–Crippen LogP) is 1.63. The Hall–Kier alpha value is -2.24. The number of carbonyl (C=O) groups is 2. The summed E-state index contributed by atoms with van der Waals surface area (Å²) in [6, 6.07) is 8.28. The van der Waals surface area contributed by atoms with Gasteiger partial charge in [-0.3, -0.25) is 9.59 Å². The summed E-state index contributed by atoms with van der Waals surface area (Å²) in [5, 5.41) is 2.11. The molecule has 2 aromatic carbocycles. The van der Waals surface area contributed by atoms with Gasteiger partial charge in [0.25, 0.3) is 0 Å². The van der Waals surface area contributed by atoms with Gasteiger partial charge >= 0.3 is 0 Å². The number of methoxy groups -OCH3 is 1. The Bertz CT molecular complexity index is 1190. The third kappa shape index (κ3) is 5.21. The minimum absolute atomic E-state index is 0.0650. The Kier molecular flexibility index (Phi) is 7.44. The summed E-state index contributed by atoms with van der Waals surface area (Å²) in [5.74, 6) is -0.590. The standard InChI is InChI=1S/C23H28ClN3O6S/c1-15(22(28)26-9-10-33-19(13-26)14-32-2)27-8-7-21(23(27)29)25-34(30,31)20-6-4-16-11-18(24)5-3-17(16)12-20/h3-6,11-12,15,19,21,25H,7-10,13-14H2,1-2H3/t15-,19?,21-/m0/s1. The number of hydrogen-bond donors (Lipinski definition) is 1. The lowest BCUT2D eigenvalue weighted by molar-refractivity contribution is -0.149. The SMILES string of the molecule is COCC1CN(C(=O)[C@H](C)N2CC[C@H](NS(=O)(=O)c3ccc4cc(Cl)ccc4c3)C2=O)CCO1. The largest absolute Gasteiger partial charge is 0.382 e. The summed E-state index contributed by atoms with van der Waals surface area (Å²) in [6.45, 7) is 3.58. The van der Waals surface area contributed by atoms with E-state index in [-0.39, 0.29) is 23.3 Å². The number of nitrogens with zero attached hydrogens (tertiary/aromatic N) is 2. The fourth-order valence-corrected chi connectivity index (χ4v) is 5.86. The minimum Gasteiger partial charge on any atom is -0.382 e. The Morgan fingerprint density at radius 1 is 1.24 bits per heavy atom. The van der Waals surface area contributed by atoms with E-state index >= 15 is 0 Å². The van der Waals surface area contributed by atoms with Gasteiger partial charge in [-0.1, -0.05) is 23.7 Å². The van der Waals surface area contributed by atoms with E-state index in [1.807, 2.05) is 0 Å². The molecule has 34 heavy (non-hydrogen) atoms. The molecular formula is C23H28ClN3O6S. The van der Waals surface area contributed by atoms with Crippen molar-refractivity contribution in [2.45, 2.75) is 36.4 Å². The second-order valence-electron chi connectivity index (χ2n) is 8.56. The van der Waals surface area contributed by atoms with Crippen molar-refractivity contribution in [1.29, 1.82) is 0 Å². The van der Waals surface area contributed by atoms with Crippen LogP contribution in [0, 0.1) is 0 Å². The van der Waals surface area contributed by atoms with Crippen molar-refractivity contribution in [2.75, 3.05) is 40.0 Å². The molecule has 3 atom stereocenters. The molecule has 2 aromatic rings. The number of sulfonamides is 1. The van der Waals surface area contributed by atoms with Gasteiger partial charge in [-0.05, 0) is 48.4 Å². The number of fused-ring (bicyclic) bond motifs is 1. The highest BCUT2D eigenvalue weighted by molar-refractivity contribution is 7.89. The summed E-state index contributed by atoms with van der Waals surface area (Å²) < 4.78 is 39.2. The second kappa shape index (κ2) is 10.2. The molecule has 4 rings (SSSR count). The molecule has 2 fully saturated rings. The first-order valence-corrected chi connectivity index (χ1v) is 13.0. The van der Waals surface area contributed by atoms with E-state index in [0.717, 1.165) is 10.8 Å². The smallest absolute Gasteiger partial charge is 0.245 e. The van der Waals surface area contributed by atoms with Gasteiger partial charge < -0.3 is 19.3 Å². The summed E-state index contributed by atoms with van der Waals surface area (Å²) in [5.41, 5.74) is 0. The van der Waals surface area contributed by atoms with Crippen LogP contribution in [-0.2, 0) is 29.1 Å². The van der Waals surface area contributed by atoms with Crippen LogP contribution in [0.5, 0.6) is 0 Å². The predicted molar refractivity (Wildman–Crippen MR) is 127 cm³/mol. The van der Waals surface area contributed by atoms with Crippen LogP contribution in [-0.4, -0.2) is 88.2 Å². The Morgan fingerprint density at radius 2 is 1.97 bits per heavy atom. The van der Waals surface area contributed by atoms with Crippen LogP contribution in [0.3, 0.4) is 0 Å². The van der Waals surface area contributed by atoms with Crippen molar-refractivity contribution < 1.29 is 27.5 Å². The lowest BCUT2D eigenvalue weighted by Crippen LogP contribution is -2.54. The molecule has 11 heteroatoms. The number of carbonyl (C=O) groups excluding carboxylic acids is 2. The monoisotopic (exact) mass is 509 g/mol. The molecule has 0 aromatic heterocycles. The summed E-state index contributed by atoms with van der Waals surface area (Å²) in [4.78, 5) is 29.2. The van der Waals surface area contributed by atoms with Crippen molar-refractivity contribution in [3.63, 3.8) is 0 Å². The van der Waals surface area contributed by atoms with Crippen LogP contribution < -0.4 is 4.72 Å². The number of rotatable bonds is 7. The van der Waals surface area contributed by atoms with Crippen molar-refractivity contribution in [1.82, 2.24) is 14.5 Å². The van der Waals surface area contributed by atoms with Crippen molar-refractivity contribution in [2.24, 2.45) is 0 Å². The maximum atomic E-state index is 13.0. The fraction of sp³-hybridized carbons (Fsp3) is 0.478. The average Bonchev–Trinajstić information content (AvgIpc) is 3.17. The Labute approximate surface area is 204 Å². The lowest BCUT2D eigenvalue weighted by Gasteiger charge is -2.36. The molecule has 1 N–H and O–H groups in total. The van der Waals surface area contributed by atoms with E-state index in [4.69, 9.17) is 21.1 Å². The van der Waals surface area contributed by atoms with Crippen LogP contribution in [0.4, 0.5) is 0 Å². The number of hydrogen-bond acceptors (Lipinski definition) is 6. The van der Waals surface area contributed by atoms with Crippen molar-refractivity contribution in [3.8, 4) is 0 Å². The quantitative estimate of drug-likeness (QED) is 0.608. The molecule has 0 aliphatic carbocycles. The molecule has 0 saturated carbocycles. The topological polar surface area (TPSA) is 105 Å². The van der Waals surface area contributed by atoms with Gasteiger partial charge in [-0.25, -0.2) is 8.42 Å². The lowest BCUT2D eigenvalue weighted by atomic mass is 10.1. The van der Waals surface area contributed by atoms with Gasteiger partial charge in [-0.2, -0.15) is 4.72 Å². The first-order chi connectivity index (χ1) is 16.2. The third-order valence-electron chi connectivity index (χ3n) is 6.25. The van der Waals surface area contributed by atoms with Crippen LogP contribution in [0.1, 0.15) is 13.3 Å². The van der Waals surface area contributed by atoms with Gasteiger partial charge in [0.05, 0.1) is 24.2 Å². The number of nitrogens with one attached hydrogen (secondary N) is 1. The van der Waals surface area contributed by atoms with Crippen molar-refractivity contribution in [3.05, 3.63) is 41.4 Å². The van der Waals surface area contributed by atoms with Gasteiger partial charge in [0, 0.05) is 31.8 Å². The zero-order chi connectivity index (χ0) is 24.5. The maximum Gasteiger partial charge on any atom is 0.245 e. The molecule has 2 heterocycles. The third-order valence-corrected chi connectivity index (χ3v) is 7.95. The van der Waals surface area contributed by atoms with Crippen LogP contribution >= 0.6 is 11.6 Å². The molecule has 2 aliphatic heterocycles. The summed E-state index contributed by atoms with van der Waals surface area (Å²) >= 11 is 6.00. The van der Waals surface area contributed by atoms with Gasteiger partial charge in [0.15, 0.2) is 0 Å².